The molecule has 2 aromatic rings. The van der Waals surface area contributed by atoms with Gasteiger partial charge in [-0.1, -0.05) is 57.9 Å². The van der Waals surface area contributed by atoms with Crippen molar-refractivity contribution in [1.29, 1.82) is 0 Å². The average molecular weight is 387 g/mol. The Kier molecular flexibility index (Phi) is 5.69. The minimum Gasteiger partial charge on any atom is -0.328 e. The number of nitrogens with one attached hydrogen (secondary N) is 1. The molecule has 0 bridgehead atoms. The molecule has 0 saturated carbocycles. The lowest BCUT2D eigenvalue weighted by Crippen LogP contribution is -3.13. The van der Waals surface area contributed by atoms with Crippen LogP contribution in [0.1, 0.15) is 22.3 Å². The smallest absolute Gasteiger partial charge is 0.103 e. The highest BCUT2D eigenvalue weighted by molar-refractivity contribution is 9.10. The van der Waals surface area contributed by atoms with Crippen LogP contribution in [-0.2, 0) is 6.54 Å². The van der Waals surface area contributed by atoms with Crippen molar-refractivity contribution in [1.82, 2.24) is 5.01 Å². The minimum absolute atomic E-state index is 1.02. The van der Waals surface area contributed by atoms with Gasteiger partial charge in [-0.2, -0.15) is 5.10 Å². The van der Waals surface area contributed by atoms with Crippen LogP contribution in [-0.4, -0.2) is 37.4 Å². The molecule has 1 N–H and O–H groups in total. The Morgan fingerprint density at radius 2 is 1.88 bits per heavy atom. The molecule has 126 valence electrons. The summed E-state index contributed by atoms with van der Waals surface area (Å²) in [7, 11) is 0. The molecule has 1 saturated heterocycles. The standard InChI is InChI=1S/C20H24BrN3/c1-16-7-8-19(17(2)13-16)15-23-9-11-24(12-10-23)22-14-18-5-3-4-6-20(18)21/h3-8,13-14H,9-12,15H2,1-2H3/p+1/b22-14+. The average Bonchev–Trinajstić information content (AvgIpc) is 2.58. The fourth-order valence-electron chi connectivity index (χ4n) is 3.14. The summed E-state index contributed by atoms with van der Waals surface area (Å²) in [6, 6.07) is 15.0. The summed E-state index contributed by atoms with van der Waals surface area (Å²) in [5.74, 6) is 0. The van der Waals surface area contributed by atoms with Gasteiger partial charge in [-0.3, -0.25) is 5.01 Å². The zero-order valence-corrected chi connectivity index (χ0v) is 16.0. The highest BCUT2D eigenvalue weighted by Gasteiger charge is 2.19. The SMILES string of the molecule is Cc1ccc(C[NH+]2CCN(/N=C/c3ccccc3Br)CC2)c(C)c1. The Labute approximate surface area is 153 Å². The number of aryl methyl sites for hydroxylation is 2. The van der Waals surface area contributed by atoms with Crippen molar-refractivity contribution in [2.24, 2.45) is 5.10 Å². The van der Waals surface area contributed by atoms with Crippen molar-refractivity contribution in [2.75, 3.05) is 26.2 Å². The van der Waals surface area contributed by atoms with Crippen molar-refractivity contribution in [2.45, 2.75) is 20.4 Å². The van der Waals surface area contributed by atoms with E-state index in [1.54, 1.807) is 4.90 Å². The highest BCUT2D eigenvalue weighted by Crippen LogP contribution is 2.13. The maximum Gasteiger partial charge on any atom is 0.103 e. The van der Waals surface area contributed by atoms with Gasteiger partial charge >= 0.3 is 0 Å². The van der Waals surface area contributed by atoms with E-state index in [0.29, 0.717) is 0 Å². The number of piperazine rings is 1. The van der Waals surface area contributed by atoms with Gasteiger partial charge in [-0.15, -0.1) is 0 Å². The van der Waals surface area contributed by atoms with Crippen LogP contribution in [0.4, 0.5) is 0 Å². The molecule has 0 atom stereocenters. The van der Waals surface area contributed by atoms with Crippen LogP contribution in [0.15, 0.2) is 52.0 Å². The fourth-order valence-corrected chi connectivity index (χ4v) is 3.53. The maximum atomic E-state index is 4.65. The Morgan fingerprint density at radius 3 is 2.58 bits per heavy atom. The van der Waals surface area contributed by atoms with E-state index in [9.17, 15) is 0 Å². The fraction of sp³-hybridized carbons (Fsp3) is 0.350. The molecule has 0 amide bonds. The van der Waals surface area contributed by atoms with Gasteiger partial charge in [-0.25, -0.2) is 0 Å². The number of rotatable bonds is 4. The second-order valence-corrected chi connectivity index (χ2v) is 7.43. The van der Waals surface area contributed by atoms with Crippen molar-refractivity contribution in [3.8, 4) is 0 Å². The summed E-state index contributed by atoms with van der Waals surface area (Å²) < 4.78 is 1.09. The molecular formula is C20H25BrN3+. The second-order valence-electron chi connectivity index (χ2n) is 6.58. The van der Waals surface area contributed by atoms with Crippen LogP contribution in [0.2, 0.25) is 0 Å². The Hall–Kier alpha value is -1.65. The zero-order chi connectivity index (χ0) is 16.9. The third-order valence-electron chi connectivity index (χ3n) is 4.65. The number of hydrazone groups is 1. The van der Waals surface area contributed by atoms with Gasteiger partial charge in [0.1, 0.15) is 6.54 Å². The molecule has 2 aromatic carbocycles. The number of benzene rings is 2. The van der Waals surface area contributed by atoms with Crippen molar-refractivity contribution in [3.63, 3.8) is 0 Å². The summed E-state index contributed by atoms with van der Waals surface area (Å²) in [5.41, 5.74) is 5.36. The molecule has 3 nitrogen and oxygen atoms in total. The van der Waals surface area contributed by atoms with Crippen molar-refractivity contribution >= 4 is 22.1 Å². The van der Waals surface area contributed by atoms with E-state index < -0.39 is 0 Å². The molecule has 0 aromatic heterocycles. The number of nitrogens with zero attached hydrogens (tertiary/aromatic N) is 2. The lowest BCUT2D eigenvalue weighted by atomic mass is 10.1. The second kappa shape index (κ2) is 7.95. The largest absolute Gasteiger partial charge is 0.328 e. The van der Waals surface area contributed by atoms with E-state index in [4.69, 9.17) is 0 Å². The molecule has 0 unspecified atom stereocenters. The zero-order valence-electron chi connectivity index (χ0n) is 14.4. The lowest BCUT2D eigenvalue weighted by Gasteiger charge is -2.30. The molecule has 3 rings (SSSR count). The van der Waals surface area contributed by atoms with Crippen LogP contribution in [0.5, 0.6) is 0 Å². The van der Waals surface area contributed by atoms with E-state index in [-0.39, 0.29) is 0 Å². The number of hydrogen-bond acceptors (Lipinski definition) is 2. The molecule has 4 heteroatoms. The summed E-state index contributed by atoms with van der Waals surface area (Å²) in [5, 5.41) is 6.84. The van der Waals surface area contributed by atoms with Gasteiger partial charge < -0.3 is 4.90 Å². The third-order valence-corrected chi connectivity index (χ3v) is 5.37. The first-order chi connectivity index (χ1) is 11.6. The van der Waals surface area contributed by atoms with Gasteiger partial charge in [0.05, 0.1) is 32.4 Å². The number of quaternary nitrogens is 1. The van der Waals surface area contributed by atoms with Crippen LogP contribution in [0.3, 0.4) is 0 Å². The minimum atomic E-state index is 1.02. The summed E-state index contributed by atoms with van der Waals surface area (Å²) in [6.07, 6.45) is 1.96. The van der Waals surface area contributed by atoms with Gasteiger partial charge in [0.25, 0.3) is 0 Å². The van der Waals surface area contributed by atoms with Crippen molar-refractivity contribution in [3.05, 3.63) is 69.2 Å². The Balaban J connectivity index is 1.53. The molecule has 0 radical (unpaired) electrons. The van der Waals surface area contributed by atoms with Gasteiger partial charge in [-0.05, 0) is 25.5 Å². The quantitative estimate of drug-likeness (QED) is 0.800. The van der Waals surface area contributed by atoms with Crippen LogP contribution in [0, 0.1) is 13.8 Å². The number of halogens is 1. The van der Waals surface area contributed by atoms with E-state index in [1.807, 2.05) is 24.4 Å². The molecule has 1 aliphatic rings. The van der Waals surface area contributed by atoms with Crippen LogP contribution in [0.25, 0.3) is 0 Å². The predicted octanol–water partition coefficient (Wildman–Crippen LogP) is 2.80. The Bertz CT molecular complexity index is 719. The topological polar surface area (TPSA) is 20.0 Å². The van der Waals surface area contributed by atoms with Gasteiger partial charge in [0, 0.05) is 15.6 Å². The first kappa shape index (κ1) is 17.2. The molecule has 1 fully saturated rings. The van der Waals surface area contributed by atoms with Gasteiger partial charge in [0.15, 0.2) is 0 Å². The summed E-state index contributed by atoms with van der Waals surface area (Å²) in [4.78, 5) is 1.65. The van der Waals surface area contributed by atoms with Crippen LogP contribution >= 0.6 is 15.9 Å². The van der Waals surface area contributed by atoms with Gasteiger partial charge in [0.2, 0.25) is 0 Å². The first-order valence-corrected chi connectivity index (χ1v) is 9.34. The lowest BCUT2D eigenvalue weighted by molar-refractivity contribution is -0.918. The molecule has 0 aliphatic carbocycles. The summed E-state index contributed by atoms with van der Waals surface area (Å²) >= 11 is 3.57. The van der Waals surface area contributed by atoms with E-state index in [2.05, 4.69) is 64.2 Å². The highest BCUT2D eigenvalue weighted by atomic mass is 79.9. The van der Waals surface area contributed by atoms with E-state index >= 15 is 0 Å². The monoisotopic (exact) mass is 386 g/mol. The van der Waals surface area contributed by atoms with Crippen molar-refractivity contribution < 1.29 is 4.90 Å². The van der Waals surface area contributed by atoms with Crippen LogP contribution < -0.4 is 4.90 Å². The third kappa shape index (κ3) is 4.46. The maximum absolute atomic E-state index is 4.65. The van der Waals surface area contributed by atoms with E-state index in [1.165, 1.54) is 16.7 Å². The number of hydrogen-bond donors (Lipinski definition) is 1. The normalized spacial score (nSPS) is 16.0. The Morgan fingerprint density at radius 1 is 1.12 bits per heavy atom. The van der Waals surface area contributed by atoms with E-state index in [0.717, 1.165) is 42.8 Å². The molecule has 24 heavy (non-hydrogen) atoms. The summed E-state index contributed by atoms with van der Waals surface area (Å²) in [6.45, 7) is 9.81. The predicted molar refractivity (Wildman–Crippen MR) is 104 cm³/mol. The molecular weight excluding hydrogens is 362 g/mol. The molecule has 0 spiro atoms. The first-order valence-electron chi connectivity index (χ1n) is 8.55. The molecule has 1 heterocycles. The molecule has 1 aliphatic heterocycles.